The Bertz CT molecular complexity index is 405. The molecule has 0 bridgehead atoms. The number of hydrogen-bond acceptors (Lipinski definition) is 1. The Morgan fingerprint density at radius 2 is 2.24 bits per heavy atom. The van der Waals surface area contributed by atoms with E-state index in [1.54, 1.807) is 0 Å². The Hall–Kier alpha value is -1.02. The van der Waals surface area contributed by atoms with Gasteiger partial charge in [0.15, 0.2) is 0 Å². The Labute approximate surface area is 107 Å². The van der Waals surface area contributed by atoms with Gasteiger partial charge in [-0.25, -0.2) is 0 Å². The predicted octanol–water partition coefficient (Wildman–Crippen LogP) is 3.50. The normalized spacial score (nSPS) is 22.2. The zero-order valence-corrected chi connectivity index (χ0v) is 10.8. The number of carbonyl (C=O) groups excluding carboxylic acids is 1. The summed E-state index contributed by atoms with van der Waals surface area (Å²) in [5.41, 5.74) is 1.16. The fourth-order valence-corrected chi connectivity index (χ4v) is 2.37. The van der Waals surface area contributed by atoms with Gasteiger partial charge in [-0.3, -0.25) is 4.79 Å². The van der Waals surface area contributed by atoms with E-state index in [4.69, 9.17) is 11.6 Å². The first-order valence-electron chi connectivity index (χ1n) is 6.26. The molecule has 1 N–H and O–H groups in total. The van der Waals surface area contributed by atoms with E-state index in [-0.39, 0.29) is 5.91 Å². The van der Waals surface area contributed by atoms with E-state index in [9.17, 15) is 4.79 Å². The molecule has 2 rings (SSSR count). The summed E-state index contributed by atoms with van der Waals surface area (Å²) >= 11 is 6.13. The molecule has 1 amide bonds. The van der Waals surface area contributed by atoms with Gasteiger partial charge in [0.25, 0.3) is 0 Å². The largest absolute Gasteiger partial charge is 0.353 e. The smallest absolute Gasteiger partial charge is 0.220 e. The van der Waals surface area contributed by atoms with Crippen molar-refractivity contribution in [2.75, 3.05) is 0 Å². The molecule has 1 aliphatic rings. The molecule has 0 saturated heterocycles. The first kappa shape index (κ1) is 12.4. The second-order valence-corrected chi connectivity index (χ2v) is 5.05. The van der Waals surface area contributed by atoms with E-state index in [0.717, 1.165) is 29.8 Å². The third-order valence-electron chi connectivity index (χ3n) is 3.20. The molecule has 1 aromatic rings. The number of halogens is 1. The molecule has 0 heterocycles. The standard InChI is InChI=1S/C14H18ClNO/c1-2-3-8-14(17)16-13-9-11(13)10-6-4-5-7-12(10)15/h4-7,11,13H,2-3,8-9H2,1H3,(H,16,17)/t11-,13-/m1/s1. The number of amides is 1. The topological polar surface area (TPSA) is 29.1 Å². The molecule has 1 aromatic carbocycles. The van der Waals surface area contributed by atoms with Crippen LogP contribution < -0.4 is 5.32 Å². The maximum absolute atomic E-state index is 11.6. The molecule has 0 radical (unpaired) electrons. The predicted molar refractivity (Wildman–Crippen MR) is 70.3 cm³/mol. The van der Waals surface area contributed by atoms with E-state index in [2.05, 4.69) is 12.2 Å². The van der Waals surface area contributed by atoms with Crippen LogP contribution in [0.5, 0.6) is 0 Å². The van der Waals surface area contributed by atoms with Gasteiger partial charge < -0.3 is 5.32 Å². The molecule has 92 valence electrons. The highest BCUT2D eigenvalue weighted by atomic mass is 35.5. The van der Waals surface area contributed by atoms with Crippen LogP contribution in [-0.2, 0) is 4.79 Å². The third kappa shape index (κ3) is 3.22. The first-order chi connectivity index (χ1) is 8.22. The maximum atomic E-state index is 11.6. The quantitative estimate of drug-likeness (QED) is 0.853. The van der Waals surface area contributed by atoms with E-state index >= 15 is 0 Å². The molecule has 17 heavy (non-hydrogen) atoms. The number of nitrogens with one attached hydrogen (secondary N) is 1. The van der Waals surface area contributed by atoms with Crippen LogP contribution in [0.15, 0.2) is 24.3 Å². The summed E-state index contributed by atoms with van der Waals surface area (Å²) in [5, 5.41) is 3.88. The first-order valence-corrected chi connectivity index (χ1v) is 6.64. The van der Waals surface area contributed by atoms with Crippen molar-refractivity contribution in [3.8, 4) is 0 Å². The lowest BCUT2D eigenvalue weighted by atomic mass is 10.1. The van der Waals surface area contributed by atoms with Gasteiger partial charge in [0.2, 0.25) is 5.91 Å². The van der Waals surface area contributed by atoms with E-state index < -0.39 is 0 Å². The second-order valence-electron chi connectivity index (χ2n) is 4.64. The monoisotopic (exact) mass is 251 g/mol. The second kappa shape index (κ2) is 5.54. The lowest BCUT2D eigenvalue weighted by molar-refractivity contribution is -0.121. The maximum Gasteiger partial charge on any atom is 0.220 e. The zero-order valence-electron chi connectivity index (χ0n) is 10.1. The third-order valence-corrected chi connectivity index (χ3v) is 3.54. The van der Waals surface area contributed by atoms with Gasteiger partial charge in [0.05, 0.1) is 0 Å². The van der Waals surface area contributed by atoms with Gasteiger partial charge in [-0.15, -0.1) is 0 Å². The molecule has 1 aliphatic carbocycles. The van der Waals surface area contributed by atoms with Gasteiger partial charge in [-0.2, -0.15) is 0 Å². The zero-order chi connectivity index (χ0) is 12.3. The molecular weight excluding hydrogens is 234 g/mol. The van der Waals surface area contributed by atoms with Gasteiger partial charge in [-0.1, -0.05) is 43.1 Å². The lowest BCUT2D eigenvalue weighted by Gasteiger charge is -2.05. The molecular formula is C14H18ClNO. The SMILES string of the molecule is CCCCC(=O)N[C@@H]1C[C@@H]1c1ccccc1Cl. The molecule has 0 unspecified atom stereocenters. The van der Waals surface area contributed by atoms with Crippen LogP contribution in [0.4, 0.5) is 0 Å². The van der Waals surface area contributed by atoms with Crippen LogP contribution in [0, 0.1) is 0 Å². The van der Waals surface area contributed by atoms with Crippen molar-refractivity contribution < 1.29 is 4.79 Å². The number of rotatable bonds is 5. The van der Waals surface area contributed by atoms with Gasteiger partial charge in [0, 0.05) is 23.4 Å². The van der Waals surface area contributed by atoms with Crippen LogP contribution in [0.3, 0.4) is 0 Å². The lowest BCUT2D eigenvalue weighted by Crippen LogP contribution is -2.26. The Kier molecular flexibility index (Phi) is 4.06. The highest BCUT2D eigenvalue weighted by Gasteiger charge is 2.40. The summed E-state index contributed by atoms with van der Waals surface area (Å²) in [6.45, 7) is 2.09. The molecule has 2 atom stereocenters. The average molecular weight is 252 g/mol. The Morgan fingerprint density at radius 3 is 2.94 bits per heavy atom. The van der Waals surface area contributed by atoms with Crippen molar-refractivity contribution in [1.29, 1.82) is 0 Å². The summed E-state index contributed by atoms with van der Waals surface area (Å²) < 4.78 is 0. The van der Waals surface area contributed by atoms with Gasteiger partial charge >= 0.3 is 0 Å². The molecule has 1 saturated carbocycles. The molecule has 2 nitrogen and oxygen atoms in total. The minimum absolute atomic E-state index is 0.173. The summed E-state index contributed by atoms with van der Waals surface area (Å²) in [5.74, 6) is 0.584. The van der Waals surface area contributed by atoms with E-state index in [1.165, 1.54) is 0 Å². The van der Waals surface area contributed by atoms with Crippen LogP contribution in [0.25, 0.3) is 0 Å². The number of benzene rings is 1. The van der Waals surface area contributed by atoms with Crippen molar-refractivity contribution in [1.82, 2.24) is 5.32 Å². The number of hydrogen-bond donors (Lipinski definition) is 1. The van der Waals surface area contributed by atoms with Crippen LogP contribution in [0.1, 0.15) is 44.1 Å². The Balaban J connectivity index is 1.85. The van der Waals surface area contributed by atoms with Crippen LogP contribution in [0.2, 0.25) is 5.02 Å². The van der Waals surface area contributed by atoms with Crippen molar-refractivity contribution in [3.05, 3.63) is 34.9 Å². The minimum Gasteiger partial charge on any atom is -0.353 e. The summed E-state index contributed by atoms with van der Waals surface area (Å²) in [4.78, 5) is 11.6. The number of unbranched alkanes of at least 4 members (excludes halogenated alkanes) is 1. The van der Waals surface area contributed by atoms with E-state index in [1.807, 2.05) is 24.3 Å². The average Bonchev–Trinajstić information content (AvgIpc) is 3.06. The van der Waals surface area contributed by atoms with Crippen molar-refractivity contribution in [2.24, 2.45) is 0 Å². The van der Waals surface area contributed by atoms with Crippen molar-refractivity contribution in [3.63, 3.8) is 0 Å². The van der Waals surface area contributed by atoms with Crippen LogP contribution >= 0.6 is 11.6 Å². The van der Waals surface area contributed by atoms with Crippen LogP contribution in [-0.4, -0.2) is 11.9 Å². The minimum atomic E-state index is 0.173. The summed E-state index contributed by atoms with van der Waals surface area (Å²) in [6.07, 6.45) is 3.69. The highest BCUT2D eigenvalue weighted by Crippen LogP contribution is 2.43. The highest BCUT2D eigenvalue weighted by molar-refractivity contribution is 6.31. The molecule has 3 heteroatoms. The van der Waals surface area contributed by atoms with Crippen molar-refractivity contribution >= 4 is 17.5 Å². The molecule has 1 fully saturated rings. The van der Waals surface area contributed by atoms with E-state index in [0.29, 0.717) is 18.4 Å². The number of carbonyl (C=O) groups is 1. The Morgan fingerprint density at radius 1 is 1.47 bits per heavy atom. The fraction of sp³-hybridized carbons (Fsp3) is 0.500. The molecule has 0 aromatic heterocycles. The fourth-order valence-electron chi connectivity index (χ4n) is 2.09. The molecule has 0 spiro atoms. The van der Waals surface area contributed by atoms with Gasteiger partial charge in [0.1, 0.15) is 0 Å². The summed E-state index contributed by atoms with van der Waals surface area (Å²) in [6, 6.07) is 8.17. The van der Waals surface area contributed by atoms with Crippen molar-refractivity contribution in [2.45, 2.75) is 44.6 Å². The summed E-state index contributed by atoms with van der Waals surface area (Å²) in [7, 11) is 0. The van der Waals surface area contributed by atoms with Gasteiger partial charge in [-0.05, 0) is 24.5 Å². The molecule has 0 aliphatic heterocycles.